The smallest absolute Gasteiger partial charge is 0.246 e. The van der Waals surface area contributed by atoms with Gasteiger partial charge in [0, 0.05) is 35.6 Å². The molecule has 0 aliphatic carbocycles. The molecule has 0 unspecified atom stereocenters. The van der Waals surface area contributed by atoms with Gasteiger partial charge in [0.1, 0.15) is 18.2 Å². The number of likely N-dealkylation sites (N-methyl/N-ethyl adjacent to an activating group) is 1. The highest BCUT2D eigenvalue weighted by Crippen LogP contribution is 2.21. The minimum Gasteiger partial charge on any atom is -0.487 e. The lowest BCUT2D eigenvalue weighted by molar-refractivity contribution is -0.125. The zero-order valence-electron chi connectivity index (χ0n) is 16.1. The molecule has 0 N–H and O–H groups in total. The molecule has 0 fully saturated rings. The van der Waals surface area contributed by atoms with Crippen molar-refractivity contribution in [2.24, 2.45) is 0 Å². The molecule has 1 amide bonds. The summed E-state index contributed by atoms with van der Waals surface area (Å²) in [4.78, 5) is 18.2. The quantitative estimate of drug-likeness (QED) is 0.465. The van der Waals surface area contributed by atoms with Gasteiger partial charge in [-0.2, -0.15) is 0 Å². The molecule has 150 valence electrons. The molecule has 1 aromatic heterocycles. The van der Waals surface area contributed by atoms with Gasteiger partial charge in [-0.15, -0.1) is 11.3 Å². The summed E-state index contributed by atoms with van der Waals surface area (Å²) >= 11 is 7.61. The van der Waals surface area contributed by atoms with Gasteiger partial charge in [0.15, 0.2) is 0 Å². The van der Waals surface area contributed by atoms with E-state index in [1.165, 1.54) is 23.1 Å². The van der Waals surface area contributed by atoms with E-state index in [2.05, 4.69) is 4.98 Å². The first-order chi connectivity index (χ1) is 13.9. The summed E-state index contributed by atoms with van der Waals surface area (Å²) in [5.74, 6) is 0.00613. The highest BCUT2D eigenvalue weighted by molar-refractivity contribution is 7.09. The molecule has 0 saturated heterocycles. The van der Waals surface area contributed by atoms with E-state index in [0.717, 1.165) is 16.3 Å². The number of carbonyl (C=O) groups is 1. The summed E-state index contributed by atoms with van der Waals surface area (Å²) in [6.07, 6.45) is 3.14. The Labute approximate surface area is 178 Å². The third-order valence-electron chi connectivity index (χ3n) is 4.16. The Kier molecular flexibility index (Phi) is 7.01. The van der Waals surface area contributed by atoms with Crippen LogP contribution in [0.3, 0.4) is 0 Å². The predicted octanol–water partition coefficient (Wildman–Crippen LogP) is 5.49. The van der Waals surface area contributed by atoms with Crippen LogP contribution < -0.4 is 4.74 Å². The minimum absolute atomic E-state index is 0.0882. The normalized spacial score (nSPS) is 11.0. The van der Waals surface area contributed by atoms with E-state index in [9.17, 15) is 9.18 Å². The molecule has 4 nitrogen and oxygen atoms in total. The number of thiazole rings is 1. The maximum Gasteiger partial charge on any atom is 0.246 e. The van der Waals surface area contributed by atoms with E-state index in [1.807, 2.05) is 36.6 Å². The van der Waals surface area contributed by atoms with Crippen molar-refractivity contribution in [2.45, 2.75) is 20.1 Å². The molecule has 0 spiro atoms. The number of nitrogens with zero attached hydrogens (tertiary/aromatic N) is 2. The second-order valence-electron chi connectivity index (χ2n) is 6.45. The molecule has 0 atom stereocenters. The topological polar surface area (TPSA) is 42.4 Å². The Morgan fingerprint density at radius 3 is 2.83 bits per heavy atom. The average Bonchev–Trinajstić information content (AvgIpc) is 3.13. The Morgan fingerprint density at radius 2 is 2.10 bits per heavy atom. The second-order valence-corrected chi connectivity index (χ2v) is 7.92. The molecule has 7 heteroatoms. The largest absolute Gasteiger partial charge is 0.487 e. The zero-order valence-corrected chi connectivity index (χ0v) is 17.6. The number of hydrogen-bond acceptors (Lipinski definition) is 4. The summed E-state index contributed by atoms with van der Waals surface area (Å²) in [5.41, 5.74) is 2.01. The molecule has 0 aliphatic heterocycles. The van der Waals surface area contributed by atoms with Crippen molar-refractivity contribution in [3.05, 3.63) is 86.6 Å². The van der Waals surface area contributed by atoms with Crippen LogP contribution in [0.5, 0.6) is 5.75 Å². The van der Waals surface area contributed by atoms with Crippen LogP contribution in [0.25, 0.3) is 6.08 Å². The van der Waals surface area contributed by atoms with Crippen LogP contribution >= 0.6 is 22.9 Å². The van der Waals surface area contributed by atoms with Crippen LogP contribution in [0.1, 0.15) is 21.8 Å². The summed E-state index contributed by atoms with van der Waals surface area (Å²) in [5, 5.41) is 3.27. The molecule has 29 heavy (non-hydrogen) atoms. The van der Waals surface area contributed by atoms with Crippen molar-refractivity contribution in [3.8, 4) is 5.75 Å². The number of hydrogen-bond donors (Lipinski definition) is 0. The summed E-state index contributed by atoms with van der Waals surface area (Å²) in [7, 11) is 1.60. The third-order valence-corrected chi connectivity index (χ3v) is 5.34. The van der Waals surface area contributed by atoms with Gasteiger partial charge < -0.3 is 9.64 Å². The highest BCUT2D eigenvalue weighted by Gasteiger charge is 2.12. The fraction of sp³-hybridized carbons (Fsp3) is 0.182. The van der Waals surface area contributed by atoms with Crippen molar-refractivity contribution in [2.75, 3.05) is 7.05 Å². The number of amides is 1. The molecule has 0 saturated carbocycles. The standard InChI is InChI=1S/C22H20ClFN2O2S/c1-15-25-17(14-29-15)13-28-18-6-3-5-16(11-18)9-10-22(27)26(2)12-19-20(23)7-4-8-21(19)24/h3-11,14H,12-13H2,1-2H3/b10-9+. The van der Waals surface area contributed by atoms with Gasteiger partial charge >= 0.3 is 0 Å². The molecule has 2 aromatic carbocycles. The van der Waals surface area contributed by atoms with Gasteiger partial charge in [-0.05, 0) is 42.8 Å². The van der Waals surface area contributed by atoms with Gasteiger partial charge in [0.25, 0.3) is 0 Å². The van der Waals surface area contributed by atoms with E-state index in [-0.39, 0.29) is 12.5 Å². The third kappa shape index (κ3) is 5.89. The van der Waals surface area contributed by atoms with E-state index >= 15 is 0 Å². The lowest BCUT2D eigenvalue weighted by Crippen LogP contribution is -2.24. The molecule has 0 bridgehead atoms. The van der Waals surface area contributed by atoms with Crippen LogP contribution in [-0.2, 0) is 17.9 Å². The Bertz CT molecular complexity index is 1010. The molecular weight excluding hydrogens is 411 g/mol. The molecule has 0 aliphatic rings. The van der Waals surface area contributed by atoms with E-state index in [4.69, 9.17) is 16.3 Å². The second kappa shape index (κ2) is 9.67. The Balaban J connectivity index is 1.60. The first-order valence-corrected chi connectivity index (χ1v) is 10.2. The van der Waals surface area contributed by atoms with E-state index < -0.39 is 5.82 Å². The van der Waals surface area contributed by atoms with E-state index in [0.29, 0.717) is 22.9 Å². The fourth-order valence-corrected chi connectivity index (χ4v) is 3.45. The van der Waals surface area contributed by atoms with Crippen molar-refractivity contribution in [1.29, 1.82) is 0 Å². The SMILES string of the molecule is Cc1nc(COc2cccc(/C=C/C(=O)N(C)Cc3c(F)cccc3Cl)c2)cs1. The molecule has 1 heterocycles. The number of aromatic nitrogens is 1. The number of carbonyl (C=O) groups excluding carboxylic acids is 1. The maximum absolute atomic E-state index is 13.9. The summed E-state index contributed by atoms with van der Waals surface area (Å²) < 4.78 is 19.7. The van der Waals surface area contributed by atoms with E-state index in [1.54, 1.807) is 30.5 Å². The lowest BCUT2D eigenvalue weighted by atomic mass is 10.2. The van der Waals surface area contributed by atoms with Crippen molar-refractivity contribution < 1.29 is 13.9 Å². The average molecular weight is 431 g/mol. The number of rotatable bonds is 7. The van der Waals surface area contributed by atoms with Crippen molar-refractivity contribution >= 4 is 34.9 Å². The number of benzene rings is 2. The molecular formula is C22H20ClFN2O2S. The molecule has 3 rings (SSSR count). The monoisotopic (exact) mass is 430 g/mol. The van der Waals surface area contributed by atoms with Crippen LogP contribution in [0, 0.1) is 12.7 Å². The summed E-state index contributed by atoms with van der Waals surface area (Å²) in [6.45, 7) is 2.43. The van der Waals surface area contributed by atoms with Crippen LogP contribution in [-0.4, -0.2) is 22.8 Å². The first-order valence-electron chi connectivity index (χ1n) is 8.92. The highest BCUT2D eigenvalue weighted by atomic mass is 35.5. The summed E-state index contributed by atoms with van der Waals surface area (Å²) in [6, 6.07) is 11.9. The Hall–Kier alpha value is -2.70. The van der Waals surface area contributed by atoms with Crippen LogP contribution in [0.15, 0.2) is 53.9 Å². The number of aryl methyl sites for hydroxylation is 1. The first kappa shape index (κ1) is 21.0. The fourth-order valence-electron chi connectivity index (χ4n) is 2.63. The van der Waals surface area contributed by atoms with Gasteiger partial charge in [-0.1, -0.05) is 29.8 Å². The lowest BCUT2D eigenvalue weighted by Gasteiger charge is -2.16. The van der Waals surface area contributed by atoms with Crippen LogP contribution in [0.4, 0.5) is 4.39 Å². The van der Waals surface area contributed by atoms with Crippen LogP contribution in [0.2, 0.25) is 5.02 Å². The van der Waals surface area contributed by atoms with Gasteiger partial charge in [-0.25, -0.2) is 9.37 Å². The van der Waals surface area contributed by atoms with Gasteiger partial charge in [0.05, 0.1) is 10.7 Å². The van der Waals surface area contributed by atoms with Crippen molar-refractivity contribution in [3.63, 3.8) is 0 Å². The predicted molar refractivity (Wildman–Crippen MR) is 115 cm³/mol. The maximum atomic E-state index is 13.9. The molecule has 0 radical (unpaired) electrons. The van der Waals surface area contributed by atoms with Gasteiger partial charge in [0.2, 0.25) is 5.91 Å². The van der Waals surface area contributed by atoms with Crippen molar-refractivity contribution in [1.82, 2.24) is 9.88 Å². The number of ether oxygens (including phenoxy) is 1. The number of halogens is 2. The zero-order chi connectivity index (χ0) is 20.8. The van der Waals surface area contributed by atoms with Gasteiger partial charge in [-0.3, -0.25) is 4.79 Å². The Morgan fingerprint density at radius 1 is 1.31 bits per heavy atom. The minimum atomic E-state index is -0.429. The molecule has 3 aromatic rings.